The first-order valence-electron chi connectivity index (χ1n) is 10.8. The number of carbonyl (C=O) groups is 3. The van der Waals surface area contributed by atoms with Crippen molar-refractivity contribution < 1.29 is 24.0 Å². The summed E-state index contributed by atoms with van der Waals surface area (Å²) in [4.78, 5) is 35.8. The molecule has 36 heavy (non-hydrogen) atoms. The number of hydrogen-bond donors (Lipinski definition) is 6. The fourth-order valence-electron chi connectivity index (χ4n) is 3.02. The molecule has 0 spiro atoms. The molecule has 0 aromatic heterocycles. The van der Waals surface area contributed by atoms with Crippen LogP contribution in [-0.4, -0.2) is 42.1 Å². The van der Waals surface area contributed by atoms with Gasteiger partial charge in [0.05, 0.1) is 6.54 Å². The second kappa shape index (κ2) is 12.7. The number of nitrogens with one attached hydrogen (secondary N) is 4. The molecule has 3 aromatic rings. The molecule has 184 valence electrons. The van der Waals surface area contributed by atoms with E-state index in [1.54, 1.807) is 60.7 Å². The molecule has 0 radical (unpaired) electrons. The van der Waals surface area contributed by atoms with Crippen LogP contribution < -0.4 is 27.2 Å². The van der Waals surface area contributed by atoms with Crippen molar-refractivity contribution in [2.24, 2.45) is 5.73 Å². The highest BCUT2D eigenvalue weighted by molar-refractivity contribution is 5.97. The van der Waals surface area contributed by atoms with Gasteiger partial charge in [-0.2, -0.15) is 0 Å². The molecule has 9 nitrogen and oxygen atoms in total. The summed E-state index contributed by atoms with van der Waals surface area (Å²) in [5, 5.41) is 16.7. The number of halogens is 1. The Morgan fingerprint density at radius 1 is 0.917 bits per heavy atom. The minimum Gasteiger partial charge on any atom is -0.376 e. The monoisotopic (exact) mass is 489 g/mol. The van der Waals surface area contributed by atoms with Crippen molar-refractivity contribution in [2.45, 2.75) is 6.04 Å². The van der Waals surface area contributed by atoms with Crippen molar-refractivity contribution in [3.63, 3.8) is 0 Å². The molecule has 0 aliphatic rings. The smallest absolute Gasteiger partial charge is 0.267 e. The number of benzene rings is 3. The van der Waals surface area contributed by atoms with Crippen LogP contribution in [0.3, 0.4) is 0 Å². The van der Waals surface area contributed by atoms with Gasteiger partial charge in [0.25, 0.3) is 11.8 Å². The van der Waals surface area contributed by atoms with Crippen LogP contribution in [0.2, 0.25) is 0 Å². The Labute approximate surface area is 206 Å². The third-order valence-corrected chi connectivity index (χ3v) is 4.91. The normalized spacial score (nSPS) is 10.9. The van der Waals surface area contributed by atoms with E-state index in [2.05, 4.69) is 27.8 Å². The number of anilines is 2. The Kier molecular flexibility index (Phi) is 9.11. The molecule has 0 unspecified atom stereocenters. The zero-order chi connectivity index (χ0) is 25.9. The topological polar surface area (TPSA) is 146 Å². The van der Waals surface area contributed by atoms with Crippen LogP contribution in [0.5, 0.6) is 0 Å². The number of hydrogen-bond acceptors (Lipinski definition) is 6. The molecule has 0 bridgehead atoms. The Bertz CT molecular complexity index is 1280. The van der Waals surface area contributed by atoms with Gasteiger partial charge < -0.3 is 21.7 Å². The molecule has 3 amide bonds. The van der Waals surface area contributed by atoms with E-state index in [4.69, 9.17) is 10.9 Å². The Balaban J connectivity index is 1.53. The van der Waals surface area contributed by atoms with Crippen molar-refractivity contribution in [3.05, 3.63) is 95.3 Å². The lowest BCUT2D eigenvalue weighted by atomic mass is 10.1. The van der Waals surface area contributed by atoms with E-state index in [9.17, 15) is 18.8 Å². The predicted octanol–water partition coefficient (Wildman–Crippen LogP) is 1.84. The third kappa shape index (κ3) is 7.66. The van der Waals surface area contributed by atoms with Crippen LogP contribution in [0, 0.1) is 17.7 Å². The molecular formula is C26H24FN5O4. The first-order chi connectivity index (χ1) is 17.4. The molecule has 3 aromatic carbocycles. The minimum atomic E-state index is -1.06. The lowest BCUT2D eigenvalue weighted by molar-refractivity contribution is -0.130. The van der Waals surface area contributed by atoms with Gasteiger partial charge in [0.2, 0.25) is 5.91 Å². The van der Waals surface area contributed by atoms with Crippen LogP contribution >= 0.6 is 0 Å². The fourth-order valence-corrected chi connectivity index (χ4v) is 3.02. The first kappa shape index (κ1) is 25.9. The van der Waals surface area contributed by atoms with Gasteiger partial charge in [-0.15, -0.1) is 0 Å². The van der Waals surface area contributed by atoms with E-state index in [1.165, 1.54) is 17.6 Å². The number of amides is 3. The Morgan fingerprint density at radius 2 is 1.56 bits per heavy atom. The quantitative estimate of drug-likeness (QED) is 0.162. The van der Waals surface area contributed by atoms with Gasteiger partial charge in [-0.05, 0) is 66.7 Å². The summed E-state index contributed by atoms with van der Waals surface area (Å²) in [7, 11) is 0. The van der Waals surface area contributed by atoms with E-state index < -0.39 is 17.9 Å². The predicted molar refractivity (Wildman–Crippen MR) is 133 cm³/mol. The summed E-state index contributed by atoms with van der Waals surface area (Å²) >= 11 is 0. The van der Waals surface area contributed by atoms with E-state index >= 15 is 0 Å². The highest BCUT2D eigenvalue weighted by Crippen LogP contribution is 2.11. The summed E-state index contributed by atoms with van der Waals surface area (Å²) in [5.41, 5.74) is 9.67. The Morgan fingerprint density at radius 3 is 2.14 bits per heavy atom. The maximum atomic E-state index is 13.2. The van der Waals surface area contributed by atoms with Crippen molar-refractivity contribution in [1.29, 1.82) is 0 Å². The van der Waals surface area contributed by atoms with Crippen LogP contribution in [0.1, 0.15) is 21.5 Å². The SMILES string of the molecule is NC[C@H](NC(=O)c1ccc(C#Cc2ccc(NC(=O)CNc3cccc(F)c3)cc2)cc1)C(=O)NO. The van der Waals surface area contributed by atoms with Gasteiger partial charge in [-0.3, -0.25) is 19.6 Å². The van der Waals surface area contributed by atoms with Crippen molar-refractivity contribution in [2.75, 3.05) is 23.7 Å². The van der Waals surface area contributed by atoms with Gasteiger partial charge in [0.1, 0.15) is 11.9 Å². The van der Waals surface area contributed by atoms with E-state index in [0.717, 1.165) is 0 Å². The summed E-state index contributed by atoms with van der Waals surface area (Å²) in [6.45, 7) is -0.184. The number of rotatable bonds is 8. The van der Waals surface area contributed by atoms with Gasteiger partial charge in [0, 0.05) is 34.6 Å². The number of carbonyl (C=O) groups excluding carboxylic acids is 3. The third-order valence-electron chi connectivity index (χ3n) is 4.91. The van der Waals surface area contributed by atoms with Crippen LogP contribution in [-0.2, 0) is 9.59 Å². The standard InChI is InChI=1S/C26H24FN5O4/c27-20-2-1-3-22(14-20)29-16-24(33)30-21-12-8-18(9-13-21)5-4-17-6-10-19(11-7-17)25(34)31-23(15-28)26(35)32-36/h1-3,6-14,23,29,36H,15-16,28H2,(H,30,33)(H,31,34)(H,32,35)/t23-/m0/s1. The summed E-state index contributed by atoms with van der Waals surface area (Å²) in [6, 6.07) is 18.2. The molecule has 0 saturated carbocycles. The summed E-state index contributed by atoms with van der Waals surface area (Å²) in [6.07, 6.45) is 0. The Hall–Kier alpha value is -4.72. The average molecular weight is 490 g/mol. The summed E-state index contributed by atoms with van der Waals surface area (Å²) < 4.78 is 13.2. The molecule has 10 heteroatoms. The van der Waals surface area contributed by atoms with E-state index in [-0.39, 0.29) is 24.8 Å². The molecule has 0 heterocycles. The minimum absolute atomic E-state index is 0.0134. The van der Waals surface area contributed by atoms with Gasteiger partial charge in [-0.25, -0.2) is 9.87 Å². The lowest BCUT2D eigenvalue weighted by Gasteiger charge is -2.14. The lowest BCUT2D eigenvalue weighted by Crippen LogP contribution is -2.50. The highest BCUT2D eigenvalue weighted by Gasteiger charge is 2.19. The van der Waals surface area contributed by atoms with Crippen LogP contribution in [0.15, 0.2) is 72.8 Å². The molecule has 0 aliphatic heterocycles. The largest absolute Gasteiger partial charge is 0.376 e. The average Bonchev–Trinajstić information content (AvgIpc) is 2.90. The molecule has 0 saturated heterocycles. The van der Waals surface area contributed by atoms with Gasteiger partial charge >= 0.3 is 0 Å². The maximum absolute atomic E-state index is 13.2. The first-order valence-corrected chi connectivity index (χ1v) is 10.8. The van der Waals surface area contributed by atoms with Crippen LogP contribution in [0.4, 0.5) is 15.8 Å². The van der Waals surface area contributed by atoms with Crippen molar-refractivity contribution in [1.82, 2.24) is 10.8 Å². The molecular weight excluding hydrogens is 465 g/mol. The second-order valence-electron chi connectivity index (χ2n) is 7.55. The zero-order valence-corrected chi connectivity index (χ0v) is 19.0. The molecule has 7 N–H and O–H groups in total. The van der Waals surface area contributed by atoms with Gasteiger partial charge in [0.15, 0.2) is 0 Å². The second-order valence-corrected chi connectivity index (χ2v) is 7.55. The molecule has 0 fully saturated rings. The van der Waals surface area contributed by atoms with Crippen molar-refractivity contribution >= 4 is 29.1 Å². The highest BCUT2D eigenvalue weighted by atomic mass is 19.1. The maximum Gasteiger partial charge on any atom is 0.267 e. The summed E-state index contributed by atoms with van der Waals surface area (Å²) in [5.74, 6) is 3.99. The fraction of sp³-hybridized carbons (Fsp3) is 0.115. The zero-order valence-electron chi connectivity index (χ0n) is 19.0. The molecule has 0 aliphatic carbocycles. The number of hydroxylamine groups is 1. The van der Waals surface area contributed by atoms with Crippen LogP contribution in [0.25, 0.3) is 0 Å². The molecule has 1 atom stereocenters. The van der Waals surface area contributed by atoms with Crippen molar-refractivity contribution in [3.8, 4) is 11.8 Å². The number of nitrogens with two attached hydrogens (primary N) is 1. The van der Waals surface area contributed by atoms with Gasteiger partial charge in [-0.1, -0.05) is 17.9 Å². The van der Waals surface area contributed by atoms with E-state index in [0.29, 0.717) is 28.1 Å². The van der Waals surface area contributed by atoms with E-state index in [1.807, 2.05) is 0 Å². The molecule has 3 rings (SSSR count).